The van der Waals surface area contributed by atoms with Crippen molar-refractivity contribution >= 4 is 46.8 Å². The minimum absolute atomic E-state index is 0.192. The van der Waals surface area contributed by atoms with Gasteiger partial charge < -0.3 is 31.5 Å². The molecule has 0 aliphatic carbocycles. The van der Waals surface area contributed by atoms with Crippen molar-refractivity contribution < 1.29 is 4.79 Å². The zero-order valence-corrected chi connectivity index (χ0v) is 25.7. The number of carbonyl (C=O) groups excluding carboxylic acids is 1. The maximum atomic E-state index is 13.2. The number of nitrogens with two attached hydrogens (primary N) is 1. The molecule has 12 heteroatoms. The summed E-state index contributed by atoms with van der Waals surface area (Å²) in [5.74, 6) is 0.958. The Morgan fingerprint density at radius 2 is 2.02 bits per heavy atom. The normalized spacial score (nSPS) is 20.3. The van der Waals surface area contributed by atoms with E-state index < -0.39 is 0 Å². The lowest BCUT2D eigenvalue weighted by Gasteiger charge is -2.23. The van der Waals surface area contributed by atoms with Crippen molar-refractivity contribution in [2.45, 2.75) is 33.2 Å². The van der Waals surface area contributed by atoms with Crippen LogP contribution in [0.5, 0.6) is 0 Å². The smallest absolute Gasteiger partial charge is 0.256 e. The molecule has 1 unspecified atom stereocenters. The second-order valence-corrected chi connectivity index (χ2v) is 11.4. The van der Waals surface area contributed by atoms with Crippen molar-refractivity contribution in [2.75, 3.05) is 46.6 Å². The molecule has 0 saturated carbocycles. The van der Waals surface area contributed by atoms with Crippen LogP contribution in [0, 0.1) is 5.41 Å². The monoisotopic (exact) mass is 580 g/mol. The number of nitrogens with one attached hydrogen (secondary N) is 3. The number of guanidine groups is 1. The number of aliphatic imine (C=N–C) groups is 4. The number of hydrogen-bond donors (Lipinski definition) is 4. The Balaban J connectivity index is 1.88. The van der Waals surface area contributed by atoms with E-state index in [1.807, 2.05) is 6.08 Å². The van der Waals surface area contributed by atoms with E-state index in [0.29, 0.717) is 45.5 Å². The number of halogens is 1. The summed E-state index contributed by atoms with van der Waals surface area (Å²) in [5.41, 5.74) is 8.88. The van der Waals surface area contributed by atoms with Crippen LogP contribution in [0.15, 0.2) is 74.4 Å². The van der Waals surface area contributed by atoms with Gasteiger partial charge in [0, 0.05) is 72.9 Å². The lowest BCUT2D eigenvalue weighted by molar-refractivity contribution is 0.0963. The first-order chi connectivity index (χ1) is 19.4. The number of likely N-dealkylation sites (N-methyl/N-ethyl adjacent to an activating group) is 1. The van der Waals surface area contributed by atoms with Crippen LogP contribution in [0.2, 0.25) is 5.02 Å². The van der Waals surface area contributed by atoms with E-state index in [2.05, 4.69) is 82.2 Å². The number of hydrogen-bond acceptors (Lipinski definition) is 10. The Kier molecular flexibility index (Phi) is 10.5. The second-order valence-electron chi connectivity index (χ2n) is 11.0. The molecule has 0 spiro atoms. The lowest BCUT2D eigenvalue weighted by atomic mass is 9.89. The third-order valence-electron chi connectivity index (χ3n) is 6.67. The topological polar surface area (TPSA) is 135 Å². The molecule has 1 atom stereocenters. The zero-order valence-electron chi connectivity index (χ0n) is 24.9. The maximum absolute atomic E-state index is 13.2. The van der Waals surface area contributed by atoms with Gasteiger partial charge >= 0.3 is 0 Å². The highest BCUT2D eigenvalue weighted by molar-refractivity contribution is 6.41. The molecule has 0 radical (unpaired) electrons. The number of anilines is 1. The van der Waals surface area contributed by atoms with E-state index in [9.17, 15) is 4.79 Å². The molecule has 1 aromatic rings. The molecular formula is C29H41ClN10O. The van der Waals surface area contributed by atoms with Gasteiger partial charge in [0.2, 0.25) is 5.96 Å². The number of amides is 1. The van der Waals surface area contributed by atoms with Gasteiger partial charge in [0.05, 0.1) is 6.21 Å². The summed E-state index contributed by atoms with van der Waals surface area (Å²) in [6.07, 6.45) is 5.87. The first-order valence-electron chi connectivity index (χ1n) is 13.3. The van der Waals surface area contributed by atoms with Crippen molar-refractivity contribution in [3.05, 3.63) is 65.0 Å². The van der Waals surface area contributed by atoms with Crippen LogP contribution in [-0.4, -0.2) is 86.6 Å². The molecule has 0 bridgehead atoms. The van der Waals surface area contributed by atoms with Crippen LogP contribution in [0.3, 0.4) is 0 Å². The summed E-state index contributed by atoms with van der Waals surface area (Å²) in [6.45, 7) is 11.5. The zero-order chi connectivity index (χ0) is 30.3. The van der Waals surface area contributed by atoms with Gasteiger partial charge in [-0.3, -0.25) is 14.8 Å². The molecule has 220 valence electrons. The van der Waals surface area contributed by atoms with E-state index in [0.717, 1.165) is 25.2 Å². The van der Waals surface area contributed by atoms with Crippen molar-refractivity contribution in [3.63, 3.8) is 0 Å². The maximum Gasteiger partial charge on any atom is 0.256 e. The second kappa shape index (κ2) is 13.6. The van der Waals surface area contributed by atoms with Gasteiger partial charge in [-0.05, 0) is 38.7 Å². The summed E-state index contributed by atoms with van der Waals surface area (Å²) in [7, 11) is 7.59. The van der Waals surface area contributed by atoms with Crippen molar-refractivity contribution in [2.24, 2.45) is 31.1 Å². The van der Waals surface area contributed by atoms with Crippen molar-refractivity contribution in [1.29, 1.82) is 0 Å². The standard InChI is InChI=1S/C29H41ClN10O/c1-9-34-22-16-35-28(40-11-10-21(17-40)39(7)8)38-25(22)26(31)36-20-13-18(12-19(30)14-20)27(41)37-24(33-6)15-23(32-5)29(2,3)4/h9,12-16,21,33,36H,1,10-11,17,31H2,2-8H3,(H,37,41)/b24-15+,26-25-,32-23+,34-22-. The third kappa shape index (κ3) is 8.27. The number of allylic oxidation sites excluding steroid dienone is 2. The minimum atomic E-state index is -0.352. The largest absolute Gasteiger partial charge is 0.383 e. The molecule has 0 aromatic heterocycles. The number of likely N-dealkylation sites (tertiary alicyclic amines) is 1. The average Bonchev–Trinajstić information content (AvgIpc) is 3.41. The van der Waals surface area contributed by atoms with Crippen LogP contribution in [-0.2, 0) is 0 Å². The lowest BCUT2D eigenvalue weighted by Crippen LogP contribution is -2.35. The fourth-order valence-corrected chi connectivity index (χ4v) is 4.62. The molecule has 1 amide bonds. The molecule has 2 heterocycles. The number of rotatable bonds is 8. The van der Waals surface area contributed by atoms with Gasteiger partial charge in [0.25, 0.3) is 5.91 Å². The summed E-state index contributed by atoms with van der Waals surface area (Å²) in [4.78, 5) is 35.4. The molecule has 41 heavy (non-hydrogen) atoms. The molecule has 2 aliphatic rings. The average molecular weight is 581 g/mol. The highest BCUT2D eigenvalue weighted by Crippen LogP contribution is 2.23. The van der Waals surface area contributed by atoms with E-state index in [-0.39, 0.29) is 17.1 Å². The third-order valence-corrected chi connectivity index (χ3v) is 6.88. The number of carbonyl (C=O) groups is 1. The fourth-order valence-electron chi connectivity index (χ4n) is 4.38. The van der Waals surface area contributed by atoms with Crippen LogP contribution >= 0.6 is 11.6 Å². The van der Waals surface area contributed by atoms with Gasteiger partial charge in [0.15, 0.2) is 0 Å². The Labute approximate surface area is 247 Å². The van der Waals surface area contributed by atoms with E-state index in [1.165, 1.54) is 6.20 Å². The minimum Gasteiger partial charge on any atom is -0.383 e. The van der Waals surface area contributed by atoms with Gasteiger partial charge in [0.1, 0.15) is 23.1 Å². The molecule has 2 aliphatic heterocycles. The number of benzene rings is 1. The fraction of sp³-hybridized carbons (Fsp3) is 0.414. The Morgan fingerprint density at radius 1 is 1.29 bits per heavy atom. The van der Waals surface area contributed by atoms with Crippen molar-refractivity contribution in [3.8, 4) is 0 Å². The first-order valence-corrected chi connectivity index (χ1v) is 13.7. The van der Waals surface area contributed by atoms with Crippen LogP contribution in [0.1, 0.15) is 37.6 Å². The molecular weight excluding hydrogens is 540 g/mol. The SMILES string of the molecule is C=C/N=C1/C=NC(N2CCC(N(C)C)C2)=N/C1=C(/N)Nc1cc(Cl)cc(C(=O)N/C(=C/C(=N\C)C(C)(C)C)NC)c1. The van der Waals surface area contributed by atoms with Gasteiger partial charge in [-0.2, -0.15) is 0 Å². The predicted molar refractivity (Wildman–Crippen MR) is 171 cm³/mol. The molecule has 1 fully saturated rings. The molecule has 11 nitrogen and oxygen atoms in total. The molecule has 5 N–H and O–H groups in total. The van der Waals surface area contributed by atoms with Gasteiger partial charge in [-0.15, -0.1) is 0 Å². The van der Waals surface area contributed by atoms with Crippen LogP contribution < -0.4 is 21.7 Å². The highest BCUT2D eigenvalue weighted by Gasteiger charge is 2.28. The van der Waals surface area contributed by atoms with Gasteiger partial charge in [-0.1, -0.05) is 39.0 Å². The quantitative estimate of drug-likeness (QED) is 0.348. The first kappa shape index (κ1) is 31.6. The predicted octanol–water partition coefficient (Wildman–Crippen LogP) is 3.45. The Bertz CT molecular complexity index is 1350. The number of nitrogens with zero attached hydrogens (tertiary/aromatic N) is 6. The van der Waals surface area contributed by atoms with Crippen molar-refractivity contribution in [1.82, 2.24) is 20.4 Å². The molecule has 1 saturated heterocycles. The Morgan fingerprint density at radius 3 is 2.61 bits per heavy atom. The summed E-state index contributed by atoms with van der Waals surface area (Å²) < 4.78 is 0. The highest BCUT2D eigenvalue weighted by atomic mass is 35.5. The summed E-state index contributed by atoms with van der Waals surface area (Å²) in [6, 6.07) is 5.34. The summed E-state index contributed by atoms with van der Waals surface area (Å²) >= 11 is 6.40. The molecule has 3 rings (SSSR count). The molecule has 1 aromatic carbocycles. The summed E-state index contributed by atoms with van der Waals surface area (Å²) in [5, 5.41) is 9.40. The van der Waals surface area contributed by atoms with E-state index in [1.54, 1.807) is 38.5 Å². The van der Waals surface area contributed by atoms with Crippen LogP contribution in [0.25, 0.3) is 0 Å². The van der Waals surface area contributed by atoms with Crippen LogP contribution in [0.4, 0.5) is 5.69 Å². The van der Waals surface area contributed by atoms with Gasteiger partial charge in [-0.25, -0.2) is 9.98 Å². The Hall–Kier alpha value is -3.96. The van der Waals surface area contributed by atoms with E-state index >= 15 is 0 Å². The van der Waals surface area contributed by atoms with E-state index in [4.69, 9.17) is 22.3 Å².